The molecule has 180 valence electrons. The Morgan fingerprint density at radius 3 is 2.56 bits per heavy atom. The number of fused-ring (bicyclic) bond motifs is 1. The third kappa shape index (κ3) is 6.74. The molecule has 0 radical (unpaired) electrons. The van der Waals surface area contributed by atoms with Crippen molar-refractivity contribution in [2.75, 3.05) is 6.61 Å². The molecule has 0 aliphatic carbocycles. The monoisotopic (exact) mass is 484 g/mol. The molecule has 3 aromatic rings. The highest BCUT2D eigenvalue weighted by molar-refractivity contribution is 6.31. The van der Waals surface area contributed by atoms with E-state index in [4.69, 9.17) is 16.3 Å². The van der Waals surface area contributed by atoms with Gasteiger partial charge >= 0.3 is 12.0 Å². The average Bonchev–Trinajstić information content (AvgIpc) is 3.23. The van der Waals surface area contributed by atoms with E-state index in [1.165, 1.54) is 0 Å². The molecule has 3 amide bonds. The van der Waals surface area contributed by atoms with E-state index in [0.717, 1.165) is 22.0 Å². The van der Waals surface area contributed by atoms with Crippen LogP contribution in [0.25, 0.3) is 10.9 Å². The minimum Gasteiger partial charge on any atom is -0.464 e. The molecule has 3 rings (SSSR count). The number of aromatic amines is 1. The Bertz CT molecular complexity index is 1150. The van der Waals surface area contributed by atoms with Gasteiger partial charge in [-0.15, -0.1) is 0 Å². The maximum absolute atomic E-state index is 12.6. The summed E-state index contributed by atoms with van der Waals surface area (Å²) in [5.74, 6) is -0.904. The maximum Gasteiger partial charge on any atom is 0.334 e. The Morgan fingerprint density at radius 1 is 1.06 bits per heavy atom. The number of hydrogen-bond acceptors (Lipinski definition) is 4. The summed E-state index contributed by atoms with van der Waals surface area (Å²) in [6, 6.07) is 14.5. The lowest BCUT2D eigenvalue weighted by Gasteiger charge is -2.28. The average molecular weight is 485 g/mol. The zero-order valence-corrected chi connectivity index (χ0v) is 20.0. The fraction of sp³-hybridized carbons (Fsp3) is 0.320. The molecule has 1 aromatic heterocycles. The molecule has 2 aromatic carbocycles. The van der Waals surface area contributed by atoms with Crippen molar-refractivity contribution in [3.63, 3.8) is 0 Å². The minimum atomic E-state index is -1.26. The number of hydrazine groups is 1. The molecule has 0 spiro atoms. The molecular weight excluding hydrogens is 456 g/mol. The van der Waals surface area contributed by atoms with E-state index in [1.807, 2.05) is 48.7 Å². The highest BCUT2D eigenvalue weighted by atomic mass is 35.5. The molecule has 0 bridgehead atoms. The highest BCUT2D eigenvalue weighted by Crippen LogP contribution is 2.23. The summed E-state index contributed by atoms with van der Waals surface area (Å²) in [6.45, 7) is 3.51. The first kappa shape index (κ1) is 25.1. The van der Waals surface area contributed by atoms with E-state index in [-0.39, 0.29) is 18.9 Å². The lowest BCUT2D eigenvalue weighted by Crippen LogP contribution is -2.58. The van der Waals surface area contributed by atoms with Crippen LogP contribution in [-0.2, 0) is 27.2 Å². The van der Waals surface area contributed by atoms with Crippen molar-refractivity contribution in [1.29, 1.82) is 0 Å². The molecule has 9 heteroatoms. The zero-order chi connectivity index (χ0) is 24.6. The van der Waals surface area contributed by atoms with E-state index in [1.54, 1.807) is 19.9 Å². The number of esters is 1. The van der Waals surface area contributed by atoms with Crippen molar-refractivity contribution >= 4 is 40.4 Å². The number of nitrogens with one attached hydrogen (secondary N) is 4. The number of carbonyl (C=O) groups is 3. The van der Waals surface area contributed by atoms with Gasteiger partial charge in [0, 0.05) is 28.5 Å². The SMILES string of the molecule is CCOC(=O)C(C)(CCc1ccccc1)NC(=O)NNC(=O)CCc1c[nH]c2ccc(Cl)cc12. The Morgan fingerprint density at radius 2 is 1.82 bits per heavy atom. The first-order valence-electron chi connectivity index (χ1n) is 11.1. The van der Waals surface area contributed by atoms with Gasteiger partial charge in [-0.3, -0.25) is 10.2 Å². The topological polar surface area (TPSA) is 112 Å². The number of carbonyl (C=O) groups excluding carboxylic acids is 3. The first-order valence-corrected chi connectivity index (χ1v) is 11.5. The molecule has 1 heterocycles. The largest absolute Gasteiger partial charge is 0.464 e. The van der Waals surface area contributed by atoms with Crippen LogP contribution < -0.4 is 16.2 Å². The van der Waals surface area contributed by atoms with Gasteiger partial charge in [0.15, 0.2) is 0 Å². The Kier molecular flexibility index (Phi) is 8.54. The number of ether oxygens (including phenoxy) is 1. The van der Waals surface area contributed by atoms with Crippen molar-refractivity contribution in [3.8, 4) is 0 Å². The van der Waals surface area contributed by atoms with Gasteiger partial charge in [0.1, 0.15) is 5.54 Å². The van der Waals surface area contributed by atoms with Gasteiger partial charge in [0.05, 0.1) is 6.61 Å². The number of hydrogen-bond donors (Lipinski definition) is 4. The molecule has 0 saturated heterocycles. The van der Waals surface area contributed by atoms with Gasteiger partial charge in [0.2, 0.25) is 5.91 Å². The van der Waals surface area contributed by atoms with Crippen molar-refractivity contribution in [2.45, 2.75) is 45.1 Å². The predicted molar refractivity (Wildman–Crippen MR) is 131 cm³/mol. The molecule has 1 unspecified atom stereocenters. The van der Waals surface area contributed by atoms with E-state index in [0.29, 0.717) is 24.3 Å². The van der Waals surface area contributed by atoms with Gasteiger partial charge in [-0.1, -0.05) is 41.9 Å². The predicted octanol–water partition coefficient (Wildman–Crippen LogP) is 4.04. The smallest absolute Gasteiger partial charge is 0.334 e. The van der Waals surface area contributed by atoms with E-state index >= 15 is 0 Å². The molecule has 8 nitrogen and oxygen atoms in total. The second kappa shape index (κ2) is 11.6. The summed E-state index contributed by atoms with van der Waals surface area (Å²) in [5.41, 5.74) is 6.37. The molecule has 1 atom stereocenters. The standard InChI is InChI=1S/C25H29ClN4O4/c1-3-34-23(32)25(2,14-13-17-7-5-4-6-8-17)28-24(33)30-29-22(31)12-9-18-16-27-21-11-10-19(26)15-20(18)21/h4-8,10-11,15-16,27H,3,9,12-14H2,1-2H3,(H,29,31)(H2,28,30,33). The van der Waals surface area contributed by atoms with Gasteiger partial charge in [-0.2, -0.15) is 0 Å². The van der Waals surface area contributed by atoms with E-state index in [9.17, 15) is 14.4 Å². The van der Waals surface area contributed by atoms with Crippen molar-refractivity contribution in [1.82, 2.24) is 21.2 Å². The van der Waals surface area contributed by atoms with Gasteiger partial charge in [0.25, 0.3) is 0 Å². The van der Waals surface area contributed by atoms with E-state index in [2.05, 4.69) is 21.2 Å². The minimum absolute atomic E-state index is 0.156. The Hall–Kier alpha value is -3.52. The summed E-state index contributed by atoms with van der Waals surface area (Å²) in [7, 11) is 0. The molecule has 0 aliphatic heterocycles. The lowest BCUT2D eigenvalue weighted by atomic mass is 9.93. The second-order valence-corrected chi connectivity index (χ2v) is 8.61. The molecule has 34 heavy (non-hydrogen) atoms. The molecular formula is C25H29ClN4O4. The Labute approximate surface area is 203 Å². The van der Waals surface area contributed by atoms with Gasteiger partial charge in [-0.05, 0) is 62.4 Å². The van der Waals surface area contributed by atoms with Gasteiger partial charge in [-0.25, -0.2) is 15.0 Å². The number of aromatic nitrogens is 1. The van der Waals surface area contributed by atoms with Crippen molar-refractivity contribution < 1.29 is 19.1 Å². The van der Waals surface area contributed by atoms with Crippen LogP contribution in [0.2, 0.25) is 5.02 Å². The van der Waals surface area contributed by atoms with Crippen LogP contribution >= 0.6 is 11.6 Å². The molecule has 4 N–H and O–H groups in total. The summed E-state index contributed by atoms with van der Waals surface area (Å²) in [6.07, 6.45) is 3.36. The normalized spacial score (nSPS) is 12.6. The highest BCUT2D eigenvalue weighted by Gasteiger charge is 2.36. The number of H-pyrrole nitrogens is 1. The van der Waals surface area contributed by atoms with E-state index < -0.39 is 17.5 Å². The molecule has 0 aliphatic rings. The van der Waals surface area contributed by atoms with Crippen LogP contribution in [0, 0.1) is 0 Å². The number of aryl methyl sites for hydroxylation is 2. The zero-order valence-electron chi connectivity index (χ0n) is 19.2. The van der Waals surface area contributed by atoms with Crippen LogP contribution in [-0.4, -0.2) is 35.0 Å². The molecule has 0 fully saturated rings. The number of amides is 3. The van der Waals surface area contributed by atoms with Crippen LogP contribution in [0.5, 0.6) is 0 Å². The summed E-state index contributed by atoms with van der Waals surface area (Å²) in [5, 5.41) is 4.22. The quantitative estimate of drug-likeness (QED) is 0.271. The summed E-state index contributed by atoms with van der Waals surface area (Å²) >= 11 is 6.07. The van der Waals surface area contributed by atoms with Gasteiger partial charge < -0.3 is 15.0 Å². The number of urea groups is 1. The summed E-state index contributed by atoms with van der Waals surface area (Å²) in [4.78, 5) is 40.4. The first-order chi connectivity index (χ1) is 16.3. The third-order valence-electron chi connectivity index (χ3n) is 5.54. The fourth-order valence-corrected chi connectivity index (χ4v) is 3.79. The van der Waals surface area contributed by atoms with Crippen LogP contribution in [0.3, 0.4) is 0 Å². The molecule has 0 saturated carbocycles. The maximum atomic E-state index is 12.6. The third-order valence-corrected chi connectivity index (χ3v) is 5.77. The summed E-state index contributed by atoms with van der Waals surface area (Å²) < 4.78 is 5.16. The fourth-order valence-electron chi connectivity index (χ4n) is 3.62. The number of rotatable bonds is 9. The number of benzene rings is 2. The number of halogens is 1. The Balaban J connectivity index is 1.52. The lowest BCUT2D eigenvalue weighted by molar-refractivity contribution is -0.150. The van der Waals surface area contributed by atoms with Crippen LogP contribution in [0.15, 0.2) is 54.7 Å². The van der Waals surface area contributed by atoms with Crippen molar-refractivity contribution in [2.24, 2.45) is 0 Å². The van der Waals surface area contributed by atoms with Crippen LogP contribution in [0.1, 0.15) is 37.8 Å². The van der Waals surface area contributed by atoms with Crippen molar-refractivity contribution in [3.05, 3.63) is 70.9 Å². The van der Waals surface area contributed by atoms with Crippen LogP contribution in [0.4, 0.5) is 4.79 Å². The second-order valence-electron chi connectivity index (χ2n) is 8.17.